The van der Waals surface area contributed by atoms with Crippen molar-refractivity contribution in [2.75, 3.05) is 55.6 Å². The summed E-state index contributed by atoms with van der Waals surface area (Å²) in [6.07, 6.45) is 4.07. The Kier molecular flexibility index (Phi) is 5.98. The van der Waals surface area contributed by atoms with Gasteiger partial charge >= 0.3 is 0 Å². The lowest BCUT2D eigenvalue weighted by Gasteiger charge is -2.42. The predicted octanol–water partition coefficient (Wildman–Crippen LogP) is 2.52. The smallest absolute Gasteiger partial charge is 0.128 e. The van der Waals surface area contributed by atoms with Gasteiger partial charge in [-0.2, -0.15) is 5.26 Å². The van der Waals surface area contributed by atoms with Crippen molar-refractivity contribution in [3.63, 3.8) is 0 Å². The topological polar surface area (TPSA) is 80.6 Å². The van der Waals surface area contributed by atoms with E-state index in [0.717, 1.165) is 81.3 Å². The Hall–Kier alpha value is -3.25. The zero-order valence-corrected chi connectivity index (χ0v) is 20.2. The van der Waals surface area contributed by atoms with Gasteiger partial charge in [-0.3, -0.25) is 9.88 Å². The summed E-state index contributed by atoms with van der Waals surface area (Å²) in [7, 11) is 0. The van der Waals surface area contributed by atoms with E-state index in [-0.39, 0.29) is 12.2 Å². The molecular weight excluding hydrogens is 438 g/mol. The molecule has 180 valence electrons. The first-order valence-corrected chi connectivity index (χ1v) is 12.5. The Morgan fingerprint density at radius 1 is 1.06 bits per heavy atom. The fourth-order valence-corrected chi connectivity index (χ4v) is 5.66. The van der Waals surface area contributed by atoms with E-state index in [2.05, 4.69) is 56.2 Å². The number of benzene rings is 1. The zero-order valence-electron chi connectivity index (χ0n) is 20.2. The first kappa shape index (κ1) is 22.2. The second-order valence-corrected chi connectivity index (χ2v) is 9.82. The maximum atomic E-state index is 9.50. The van der Waals surface area contributed by atoms with Gasteiger partial charge < -0.3 is 19.9 Å². The van der Waals surface area contributed by atoms with Crippen LogP contribution in [0.5, 0.6) is 0 Å². The zero-order chi connectivity index (χ0) is 23.8. The number of nitriles is 1. The number of rotatable bonds is 4. The summed E-state index contributed by atoms with van der Waals surface area (Å²) >= 11 is 0. The Balaban J connectivity index is 1.12. The molecule has 2 saturated heterocycles. The third-order valence-electron chi connectivity index (χ3n) is 7.39. The minimum Gasteiger partial charge on any atom is -0.370 e. The molecule has 2 atom stereocenters. The molecule has 1 N–H and O–H groups in total. The molecule has 0 saturated carbocycles. The number of hydrogen-bond donors (Lipinski definition) is 1. The minimum absolute atomic E-state index is 0.136. The Morgan fingerprint density at radius 2 is 1.91 bits per heavy atom. The van der Waals surface area contributed by atoms with Gasteiger partial charge in [0.15, 0.2) is 0 Å². The monoisotopic (exact) mass is 469 g/mol. The van der Waals surface area contributed by atoms with E-state index in [1.807, 2.05) is 18.3 Å². The first-order valence-electron chi connectivity index (χ1n) is 12.5. The van der Waals surface area contributed by atoms with Crippen molar-refractivity contribution in [2.45, 2.75) is 32.2 Å². The molecule has 35 heavy (non-hydrogen) atoms. The van der Waals surface area contributed by atoms with E-state index in [4.69, 9.17) is 9.72 Å². The number of morpholine rings is 1. The second-order valence-electron chi connectivity index (χ2n) is 9.82. The number of ether oxygens (including phenoxy) is 1. The molecule has 8 heteroatoms. The van der Waals surface area contributed by atoms with E-state index in [1.165, 1.54) is 11.1 Å². The molecule has 2 fully saturated rings. The summed E-state index contributed by atoms with van der Waals surface area (Å²) in [6, 6.07) is 12.5. The lowest BCUT2D eigenvalue weighted by molar-refractivity contribution is -0.0327. The van der Waals surface area contributed by atoms with Crippen LogP contribution >= 0.6 is 0 Å². The normalized spacial score (nSPS) is 22.9. The lowest BCUT2D eigenvalue weighted by Crippen LogP contribution is -2.54. The molecule has 3 aromatic rings. The summed E-state index contributed by atoms with van der Waals surface area (Å²) in [4.78, 5) is 16.5. The van der Waals surface area contributed by atoms with Crippen LogP contribution in [0.2, 0.25) is 0 Å². The molecule has 2 unspecified atom stereocenters. The molecule has 2 aromatic heterocycles. The van der Waals surface area contributed by atoms with Gasteiger partial charge in [0.25, 0.3) is 0 Å². The largest absolute Gasteiger partial charge is 0.370 e. The molecule has 3 aliphatic heterocycles. The Labute approximate surface area is 206 Å². The molecule has 5 heterocycles. The number of piperazine rings is 1. The van der Waals surface area contributed by atoms with Crippen LogP contribution in [0.4, 0.5) is 11.5 Å². The minimum atomic E-state index is 0.136. The molecule has 1 aromatic carbocycles. The van der Waals surface area contributed by atoms with Gasteiger partial charge in [0, 0.05) is 82.4 Å². The molecule has 0 aliphatic carbocycles. The van der Waals surface area contributed by atoms with Crippen molar-refractivity contribution in [2.24, 2.45) is 0 Å². The van der Waals surface area contributed by atoms with Gasteiger partial charge in [0.05, 0.1) is 23.3 Å². The number of nitrogens with one attached hydrogen (secondary N) is 1. The molecule has 0 spiro atoms. The number of nitrogens with zero attached hydrogens (tertiary/aromatic N) is 6. The van der Waals surface area contributed by atoms with Gasteiger partial charge in [0.1, 0.15) is 11.9 Å². The van der Waals surface area contributed by atoms with Gasteiger partial charge in [-0.15, -0.1) is 0 Å². The Bertz CT molecular complexity index is 1260. The van der Waals surface area contributed by atoms with Gasteiger partial charge in [-0.1, -0.05) is 0 Å². The maximum absolute atomic E-state index is 9.50. The predicted molar refractivity (Wildman–Crippen MR) is 136 cm³/mol. The molecule has 0 bridgehead atoms. The molecule has 6 rings (SSSR count). The number of fused-ring (bicyclic) bond motifs is 2. The number of aromatic nitrogens is 2. The van der Waals surface area contributed by atoms with Crippen LogP contribution in [0.3, 0.4) is 0 Å². The average Bonchev–Trinajstić information content (AvgIpc) is 3.36. The van der Waals surface area contributed by atoms with Crippen LogP contribution in [-0.2, 0) is 17.8 Å². The highest BCUT2D eigenvalue weighted by Gasteiger charge is 2.29. The van der Waals surface area contributed by atoms with Crippen LogP contribution in [0.25, 0.3) is 10.9 Å². The number of pyridine rings is 2. The van der Waals surface area contributed by atoms with E-state index in [9.17, 15) is 5.26 Å². The van der Waals surface area contributed by atoms with Crippen molar-refractivity contribution < 1.29 is 4.74 Å². The highest BCUT2D eigenvalue weighted by Crippen LogP contribution is 2.30. The molecule has 3 aliphatic rings. The van der Waals surface area contributed by atoms with E-state index in [0.29, 0.717) is 5.56 Å². The van der Waals surface area contributed by atoms with Crippen LogP contribution in [0.15, 0.2) is 42.7 Å². The quantitative estimate of drug-likeness (QED) is 0.625. The number of anilines is 2. The summed E-state index contributed by atoms with van der Waals surface area (Å²) < 4.78 is 6.38. The van der Waals surface area contributed by atoms with Crippen molar-refractivity contribution >= 4 is 22.4 Å². The third-order valence-corrected chi connectivity index (χ3v) is 7.39. The van der Waals surface area contributed by atoms with Crippen LogP contribution in [-0.4, -0.2) is 72.9 Å². The summed E-state index contributed by atoms with van der Waals surface area (Å²) in [6.45, 7) is 10.6. The first-order chi connectivity index (χ1) is 17.2. The van der Waals surface area contributed by atoms with Gasteiger partial charge in [-0.05, 0) is 48.4 Å². The van der Waals surface area contributed by atoms with Crippen LogP contribution in [0, 0.1) is 11.3 Å². The van der Waals surface area contributed by atoms with Crippen LogP contribution in [0.1, 0.15) is 23.6 Å². The van der Waals surface area contributed by atoms with E-state index < -0.39 is 0 Å². The van der Waals surface area contributed by atoms with E-state index in [1.54, 1.807) is 6.20 Å². The molecule has 0 radical (unpaired) electrons. The number of hydrogen-bond acceptors (Lipinski definition) is 8. The average molecular weight is 470 g/mol. The van der Waals surface area contributed by atoms with E-state index >= 15 is 0 Å². The lowest BCUT2D eigenvalue weighted by atomic mass is 10.1. The molecular formula is C27H31N7O. The summed E-state index contributed by atoms with van der Waals surface area (Å²) in [5.74, 6) is 1.10. The fraction of sp³-hybridized carbons (Fsp3) is 0.444. The third kappa shape index (κ3) is 4.43. The maximum Gasteiger partial charge on any atom is 0.128 e. The SMILES string of the molecule is CC1CN(c2ccc(C#N)c3ncccc23)CC(CN2CCN(c3cc4c(cn3)CNC4)CC2)O1. The van der Waals surface area contributed by atoms with Crippen molar-refractivity contribution in [1.82, 2.24) is 20.2 Å². The van der Waals surface area contributed by atoms with Crippen LogP contribution < -0.4 is 15.1 Å². The van der Waals surface area contributed by atoms with Crippen molar-refractivity contribution in [1.29, 1.82) is 5.26 Å². The Morgan fingerprint density at radius 3 is 2.77 bits per heavy atom. The second kappa shape index (κ2) is 9.42. The summed E-state index contributed by atoms with van der Waals surface area (Å²) in [5, 5.41) is 13.9. The molecule has 8 nitrogen and oxygen atoms in total. The van der Waals surface area contributed by atoms with Gasteiger partial charge in [0.2, 0.25) is 0 Å². The highest BCUT2D eigenvalue weighted by molar-refractivity contribution is 5.95. The highest BCUT2D eigenvalue weighted by atomic mass is 16.5. The molecule has 0 amide bonds. The fourth-order valence-electron chi connectivity index (χ4n) is 5.66. The van der Waals surface area contributed by atoms with Crippen molar-refractivity contribution in [3.8, 4) is 6.07 Å². The van der Waals surface area contributed by atoms with Gasteiger partial charge in [-0.25, -0.2) is 4.98 Å². The summed E-state index contributed by atoms with van der Waals surface area (Å²) in [5.41, 5.74) is 5.23. The standard InChI is InChI=1S/C27H31N7O/c1-19-16-34(25-5-4-20(12-28)27-24(25)3-2-6-30-27)18-23(35-19)17-32-7-9-33(10-8-32)26-11-21-13-29-14-22(21)15-31-26/h2-6,11,15,19,23,29H,7-10,13-14,16-18H2,1H3. The van der Waals surface area contributed by atoms with Crippen molar-refractivity contribution in [3.05, 3.63) is 59.4 Å².